The maximum absolute atomic E-state index is 13.1. The average Bonchev–Trinajstić information content (AvgIpc) is 2.53. The zero-order valence-corrected chi connectivity index (χ0v) is 12.0. The maximum Gasteiger partial charge on any atom is 0.407 e. The van der Waals surface area contributed by atoms with E-state index in [1.807, 2.05) is 30.3 Å². The molecule has 0 spiro atoms. The normalized spacial score (nSPS) is 11.7. The van der Waals surface area contributed by atoms with E-state index >= 15 is 0 Å². The van der Waals surface area contributed by atoms with Crippen molar-refractivity contribution < 1.29 is 19.0 Å². The molecular weight excluding hydrogens is 285 g/mol. The fourth-order valence-corrected chi connectivity index (χ4v) is 2.04. The van der Waals surface area contributed by atoms with Crippen LogP contribution in [0.15, 0.2) is 54.6 Å². The lowest BCUT2D eigenvalue weighted by Gasteiger charge is -2.16. The molecule has 0 aliphatic heterocycles. The number of amides is 1. The molecule has 4 nitrogen and oxygen atoms in total. The second kappa shape index (κ2) is 8.14. The first-order valence-electron chi connectivity index (χ1n) is 7.00. The molecule has 1 unspecified atom stereocenters. The Morgan fingerprint density at radius 1 is 1.14 bits per heavy atom. The van der Waals surface area contributed by atoms with Crippen LogP contribution in [0.4, 0.5) is 9.18 Å². The van der Waals surface area contributed by atoms with Crippen molar-refractivity contribution in [3.05, 3.63) is 71.5 Å². The summed E-state index contributed by atoms with van der Waals surface area (Å²) in [5.41, 5.74) is 1.57. The van der Waals surface area contributed by atoms with Gasteiger partial charge in [0.15, 0.2) is 0 Å². The van der Waals surface area contributed by atoms with Crippen molar-refractivity contribution in [2.75, 3.05) is 6.61 Å². The van der Waals surface area contributed by atoms with Gasteiger partial charge >= 0.3 is 6.09 Å². The molecule has 116 valence electrons. The van der Waals surface area contributed by atoms with E-state index < -0.39 is 12.1 Å². The average molecular weight is 303 g/mol. The fourth-order valence-electron chi connectivity index (χ4n) is 2.04. The molecule has 0 bridgehead atoms. The van der Waals surface area contributed by atoms with Crippen molar-refractivity contribution in [3.63, 3.8) is 0 Å². The number of rotatable bonds is 6. The molecule has 1 amide bonds. The predicted molar refractivity (Wildman–Crippen MR) is 80.7 cm³/mol. The molecule has 0 fully saturated rings. The quantitative estimate of drug-likeness (QED) is 0.862. The van der Waals surface area contributed by atoms with Gasteiger partial charge < -0.3 is 15.2 Å². The molecular formula is C17H18FNO3. The van der Waals surface area contributed by atoms with Crippen LogP contribution in [0.3, 0.4) is 0 Å². The van der Waals surface area contributed by atoms with E-state index in [9.17, 15) is 14.3 Å². The van der Waals surface area contributed by atoms with Gasteiger partial charge in [0, 0.05) is 0 Å². The number of carbonyl (C=O) groups is 1. The zero-order valence-electron chi connectivity index (χ0n) is 12.0. The molecule has 2 rings (SSSR count). The minimum absolute atomic E-state index is 0.158. The summed E-state index contributed by atoms with van der Waals surface area (Å²) in [6, 6.07) is 14.8. The van der Waals surface area contributed by atoms with Crippen LogP contribution in [-0.4, -0.2) is 23.8 Å². The molecule has 5 heteroatoms. The third-order valence-electron chi connectivity index (χ3n) is 3.13. The number of ether oxygens (including phenoxy) is 1. The first-order valence-corrected chi connectivity index (χ1v) is 7.00. The second-order valence-electron chi connectivity index (χ2n) is 4.92. The Morgan fingerprint density at radius 3 is 2.55 bits per heavy atom. The van der Waals surface area contributed by atoms with Gasteiger partial charge in [-0.3, -0.25) is 0 Å². The third kappa shape index (κ3) is 5.18. The maximum atomic E-state index is 13.1. The van der Waals surface area contributed by atoms with Gasteiger partial charge in [0.2, 0.25) is 0 Å². The molecule has 0 aliphatic carbocycles. The van der Waals surface area contributed by atoms with Crippen molar-refractivity contribution in [2.24, 2.45) is 0 Å². The smallest absolute Gasteiger partial charge is 0.407 e. The first kappa shape index (κ1) is 16.0. The highest BCUT2D eigenvalue weighted by molar-refractivity contribution is 5.67. The van der Waals surface area contributed by atoms with Gasteiger partial charge in [-0.25, -0.2) is 9.18 Å². The molecule has 0 saturated heterocycles. The SMILES string of the molecule is O=C(NC(CO)Cc1cccc(F)c1)OCc1ccccc1. The van der Waals surface area contributed by atoms with E-state index in [1.54, 1.807) is 12.1 Å². The number of halogens is 1. The van der Waals surface area contributed by atoms with Crippen LogP contribution in [0.1, 0.15) is 11.1 Å². The van der Waals surface area contributed by atoms with Crippen molar-refractivity contribution in [1.82, 2.24) is 5.32 Å². The van der Waals surface area contributed by atoms with Gasteiger partial charge in [0.05, 0.1) is 12.6 Å². The van der Waals surface area contributed by atoms with E-state index in [0.29, 0.717) is 12.0 Å². The summed E-state index contributed by atoms with van der Waals surface area (Å²) in [5, 5.41) is 11.9. The summed E-state index contributed by atoms with van der Waals surface area (Å²) in [7, 11) is 0. The number of hydrogen-bond donors (Lipinski definition) is 2. The Hall–Kier alpha value is -2.40. The number of carbonyl (C=O) groups excluding carboxylic acids is 1. The van der Waals surface area contributed by atoms with Crippen LogP contribution in [0.2, 0.25) is 0 Å². The Morgan fingerprint density at radius 2 is 1.86 bits per heavy atom. The van der Waals surface area contributed by atoms with Gasteiger partial charge in [0.25, 0.3) is 0 Å². The van der Waals surface area contributed by atoms with E-state index in [0.717, 1.165) is 5.56 Å². The van der Waals surface area contributed by atoms with Crippen molar-refractivity contribution in [2.45, 2.75) is 19.1 Å². The van der Waals surface area contributed by atoms with Crippen LogP contribution >= 0.6 is 0 Å². The molecule has 2 N–H and O–H groups in total. The van der Waals surface area contributed by atoms with Gasteiger partial charge in [-0.15, -0.1) is 0 Å². The van der Waals surface area contributed by atoms with Crippen LogP contribution in [-0.2, 0) is 17.8 Å². The number of hydrogen-bond acceptors (Lipinski definition) is 3. The van der Waals surface area contributed by atoms with Gasteiger partial charge in [-0.05, 0) is 29.7 Å². The standard InChI is InChI=1S/C17H18FNO3/c18-15-8-4-7-14(9-15)10-16(11-20)19-17(21)22-12-13-5-2-1-3-6-13/h1-9,16,20H,10-12H2,(H,19,21). The molecule has 0 saturated carbocycles. The van der Waals surface area contributed by atoms with Crippen LogP contribution in [0.25, 0.3) is 0 Å². The number of benzene rings is 2. The minimum atomic E-state index is -0.612. The number of nitrogens with one attached hydrogen (secondary N) is 1. The highest BCUT2D eigenvalue weighted by Crippen LogP contribution is 2.07. The van der Waals surface area contributed by atoms with E-state index in [2.05, 4.69) is 5.32 Å². The summed E-state index contributed by atoms with van der Waals surface area (Å²) < 4.78 is 18.2. The second-order valence-corrected chi connectivity index (χ2v) is 4.92. The number of aliphatic hydroxyl groups excluding tert-OH is 1. The molecule has 2 aromatic carbocycles. The molecule has 0 aliphatic rings. The van der Waals surface area contributed by atoms with Crippen molar-refractivity contribution in [1.29, 1.82) is 0 Å². The van der Waals surface area contributed by atoms with E-state index in [1.165, 1.54) is 12.1 Å². The van der Waals surface area contributed by atoms with E-state index in [-0.39, 0.29) is 19.0 Å². The third-order valence-corrected chi connectivity index (χ3v) is 3.13. The molecule has 2 aromatic rings. The molecule has 1 atom stereocenters. The molecule has 22 heavy (non-hydrogen) atoms. The molecule has 0 aromatic heterocycles. The summed E-state index contributed by atoms with van der Waals surface area (Å²) in [6.07, 6.45) is -0.284. The Balaban J connectivity index is 1.83. The summed E-state index contributed by atoms with van der Waals surface area (Å²) >= 11 is 0. The summed E-state index contributed by atoms with van der Waals surface area (Å²) in [5.74, 6) is -0.346. The minimum Gasteiger partial charge on any atom is -0.445 e. The number of alkyl carbamates (subject to hydrolysis) is 1. The van der Waals surface area contributed by atoms with Crippen LogP contribution in [0, 0.1) is 5.82 Å². The van der Waals surface area contributed by atoms with Crippen molar-refractivity contribution in [3.8, 4) is 0 Å². The van der Waals surface area contributed by atoms with Gasteiger partial charge in [-0.1, -0.05) is 42.5 Å². The van der Waals surface area contributed by atoms with Gasteiger partial charge in [0.1, 0.15) is 12.4 Å². The summed E-state index contributed by atoms with van der Waals surface area (Å²) in [4.78, 5) is 11.7. The topological polar surface area (TPSA) is 58.6 Å². The largest absolute Gasteiger partial charge is 0.445 e. The molecule has 0 heterocycles. The fraction of sp³-hybridized carbons (Fsp3) is 0.235. The Bertz CT molecular complexity index is 604. The zero-order chi connectivity index (χ0) is 15.8. The lowest BCUT2D eigenvalue weighted by atomic mass is 10.1. The number of aliphatic hydroxyl groups is 1. The van der Waals surface area contributed by atoms with Gasteiger partial charge in [-0.2, -0.15) is 0 Å². The van der Waals surface area contributed by atoms with Crippen LogP contribution < -0.4 is 5.32 Å². The predicted octanol–water partition coefficient (Wildman–Crippen LogP) is 2.66. The van der Waals surface area contributed by atoms with E-state index in [4.69, 9.17) is 4.74 Å². The summed E-state index contributed by atoms with van der Waals surface area (Å²) in [6.45, 7) is -0.0955. The Kier molecular flexibility index (Phi) is 5.91. The highest BCUT2D eigenvalue weighted by Gasteiger charge is 2.13. The monoisotopic (exact) mass is 303 g/mol. The first-order chi connectivity index (χ1) is 10.7. The lowest BCUT2D eigenvalue weighted by Crippen LogP contribution is -2.39. The highest BCUT2D eigenvalue weighted by atomic mass is 19.1. The molecule has 0 radical (unpaired) electrons. The lowest BCUT2D eigenvalue weighted by molar-refractivity contribution is 0.129. The Labute approximate surface area is 128 Å². The van der Waals surface area contributed by atoms with Crippen molar-refractivity contribution >= 4 is 6.09 Å². The van der Waals surface area contributed by atoms with Crippen LogP contribution in [0.5, 0.6) is 0 Å².